The van der Waals surface area contributed by atoms with E-state index in [9.17, 15) is 8.42 Å². The molecule has 0 atom stereocenters. The molecule has 1 heterocycles. The Kier molecular flexibility index (Phi) is 4.99. The lowest BCUT2D eigenvalue weighted by atomic mass is 10.2. The Bertz CT molecular complexity index is 696. The number of sulfonamides is 1. The number of nitrogens with two attached hydrogens (primary N) is 1. The maximum absolute atomic E-state index is 12.1. The van der Waals surface area contributed by atoms with Gasteiger partial charge in [0.15, 0.2) is 0 Å². The van der Waals surface area contributed by atoms with Crippen molar-refractivity contribution in [2.45, 2.75) is 17.9 Å². The summed E-state index contributed by atoms with van der Waals surface area (Å²) in [4.78, 5) is 0.419. The standard InChI is InChI=1S/C12H15N5O2S2/c13-12(20)10-2-4-11(5-3-10)21(18,19)15-6-1-8-17-9-7-14-16-17/h2-5,7,9,15H,1,6,8H2,(H2,13,20). The second-order valence-corrected chi connectivity index (χ2v) is 6.51. The van der Waals surface area contributed by atoms with E-state index in [0.29, 0.717) is 25.1 Å². The van der Waals surface area contributed by atoms with Gasteiger partial charge in [-0.2, -0.15) is 0 Å². The molecule has 2 aromatic rings. The van der Waals surface area contributed by atoms with Crippen molar-refractivity contribution in [2.24, 2.45) is 5.73 Å². The first-order chi connectivity index (χ1) is 9.99. The largest absolute Gasteiger partial charge is 0.389 e. The van der Waals surface area contributed by atoms with Crippen LogP contribution in [0.2, 0.25) is 0 Å². The lowest BCUT2D eigenvalue weighted by molar-refractivity contribution is 0.542. The van der Waals surface area contributed by atoms with Gasteiger partial charge >= 0.3 is 0 Å². The number of nitrogens with zero attached hydrogens (tertiary/aromatic N) is 3. The molecule has 0 radical (unpaired) electrons. The minimum Gasteiger partial charge on any atom is -0.389 e. The smallest absolute Gasteiger partial charge is 0.240 e. The maximum atomic E-state index is 12.1. The van der Waals surface area contributed by atoms with Crippen LogP contribution in [0.3, 0.4) is 0 Å². The van der Waals surface area contributed by atoms with Gasteiger partial charge in [-0.25, -0.2) is 13.1 Å². The van der Waals surface area contributed by atoms with E-state index in [-0.39, 0.29) is 9.88 Å². The highest BCUT2D eigenvalue weighted by molar-refractivity contribution is 7.89. The third-order valence-electron chi connectivity index (χ3n) is 2.78. The molecule has 21 heavy (non-hydrogen) atoms. The number of benzene rings is 1. The average molecular weight is 325 g/mol. The first kappa shape index (κ1) is 15.5. The molecule has 0 fully saturated rings. The minimum atomic E-state index is -3.52. The Hall–Kier alpha value is -1.84. The van der Waals surface area contributed by atoms with E-state index in [2.05, 4.69) is 15.0 Å². The second kappa shape index (κ2) is 6.74. The molecule has 3 N–H and O–H groups in total. The molecule has 9 heteroatoms. The van der Waals surface area contributed by atoms with Crippen LogP contribution in [-0.2, 0) is 16.6 Å². The number of rotatable bonds is 7. The van der Waals surface area contributed by atoms with E-state index in [1.54, 1.807) is 29.2 Å². The van der Waals surface area contributed by atoms with E-state index < -0.39 is 10.0 Å². The van der Waals surface area contributed by atoms with Gasteiger partial charge in [0.2, 0.25) is 10.0 Å². The molecule has 0 aliphatic carbocycles. The zero-order valence-electron chi connectivity index (χ0n) is 11.1. The molecular weight excluding hydrogens is 310 g/mol. The summed E-state index contributed by atoms with van der Waals surface area (Å²) in [6.07, 6.45) is 3.92. The molecule has 0 bridgehead atoms. The van der Waals surface area contributed by atoms with Crippen molar-refractivity contribution in [1.29, 1.82) is 0 Å². The van der Waals surface area contributed by atoms with Crippen molar-refractivity contribution in [3.8, 4) is 0 Å². The highest BCUT2D eigenvalue weighted by Gasteiger charge is 2.13. The van der Waals surface area contributed by atoms with Crippen LogP contribution in [0.5, 0.6) is 0 Å². The van der Waals surface area contributed by atoms with Gasteiger partial charge in [0, 0.05) is 24.8 Å². The lowest BCUT2D eigenvalue weighted by Gasteiger charge is -2.07. The number of hydrogen-bond donors (Lipinski definition) is 2. The first-order valence-electron chi connectivity index (χ1n) is 6.23. The van der Waals surface area contributed by atoms with E-state index in [1.165, 1.54) is 12.1 Å². The third-order valence-corrected chi connectivity index (χ3v) is 4.49. The Labute approximate surface area is 128 Å². The monoisotopic (exact) mass is 325 g/mol. The summed E-state index contributed by atoms with van der Waals surface area (Å²) >= 11 is 4.82. The van der Waals surface area contributed by atoms with Crippen LogP contribution in [0, 0.1) is 0 Å². The molecule has 0 unspecified atom stereocenters. The van der Waals surface area contributed by atoms with Crippen LogP contribution in [0.25, 0.3) is 0 Å². The zero-order chi connectivity index (χ0) is 15.3. The van der Waals surface area contributed by atoms with Crippen LogP contribution in [0.4, 0.5) is 0 Å². The number of aromatic nitrogens is 3. The van der Waals surface area contributed by atoms with Gasteiger partial charge in [-0.3, -0.25) is 4.68 Å². The number of aryl methyl sites for hydroxylation is 1. The van der Waals surface area contributed by atoms with Crippen molar-refractivity contribution in [3.63, 3.8) is 0 Å². The Morgan fingerprint density at radius 2 is 2.05 bits per heavy atom. The molecule has 0 saturated carbocycles. The van der Waals surface area contributed by atoms with Gasteiger partial charge in [-0.15, -0.1) is 5.10 Å². The Morgan fingerprint density at radius 1 is 1.33 bits per heavy atom. The van der Waals surface area contributed by atoms with Crippen molar-refractivity contribution in [2.75, 3.05) is 6.54 Å². The molecule has 0 amide bonds. The van der Waals surface area contributed by atoms with Crippen LogP contribution in [0.1, 0.15) is 12.0 Å². The fourth-order valence-corrected chi connectivity index (χ4v) is 2.89. The van der Waals surface area contributed by atoms with Gasteiger partial charge in [0.1, 0.15) is 4.99 Å². The third kappa shape index (κ3) is 4.31. The lowest BCUT2D eigenvalue weighted by Crippen LogP contribution is -2.25. The quantitative estimate of drug-likeness (QED) is 0.560. The highest BCUT2D eigenvalue weighted by atomic mass is 32.2. The summed E-state index contributed by atoms with van der Waals surface area (Å²) in [6, 6.07) is 6.14. The summed E-state index contributed by atoms with van der Waals surface area (Å²) in [5, 5.41) is 7.47. The van der Waals surface area contributed by atoms with Gasteiger partial charge in [-0.1, -0.05) is 29.6 Å². The fraction of sp³-hybridized carbons (Fsp3) is 0.250. The molecule has 0 aliphatic heterocycles. The van der Waals surface area contributed by atoms with Gasteiger partial charge in [-0.05, 0) is 18.6 Å². The molecule has 0 spiro atoms. The van der Waals surface area contributed by atoms with Gasteiger partial charge in [0.25, 0.3) is 0 Å². The Balaban J connectivity index is 1.90. The second-order valence-electron chi connectivity index (χ2n) is 4.31. The molecule has 0 saturated heterocycles. The van der Waals surface area contributed by atoms with E-state index in [4.69, 9.17) is 18.0 Å². The molecule has 1 aromatic carbocycles. The molecule has 7 nitrogen and oxygen atoms in total. The van der Waals surface area contributed by atoms with E-state index in [0.717, 1.165) is 0 Å². The summed E-state index contributed by atoms with van der Waals surface area (Å²) in [6.45, 7) is 0.919. The number of thiocarbonyl (C=S) groups is 1. The fourth-order valence-electron chi connectivity index (χ4n) is 1.68. The summed E-state index contributed by atoms with van der Waals surface area (Å²) < 4.78 is 28.3. The van der Waals surface area contributed by atoms with Crippen LogP contribution < -0.4 is 10.5 Å². The maximum Gasteiger partial charge on any atom is 0.240 e. The average Bonchev–Trinajstić information content (AvgIpc) is 2.97. The minimum absolute atomic E-state index is 0.184. The predicted molar refractivity (Wildman–Crippen MR) is 82.2 cm³/mol. The van der Waals surface area contributed by atoms with Crippen molar-refractivity contribution in [1.82, 2.24) is 19.7 Å². The molecule has 1 aromatic heterocycles. The first-order valence-corrected chi connectivity index (χ1v) is 8.12. The zero-order valence-corrected chi connectivity index (χ0v) is 12.8. The SMILES string of the molecule is NC(=S)c1ccc(S(=O)(=O)NCCCn2ccnn2)cc1. The van der Waals surface area contributed by atoms with E-state index >= 15 is 0 Å². The van der Waals surface area contributed by atoms with Crippen molar-refractivity contribution in [3.05, 3.63) is 42.2 Å². The van der Waals surface area contributed by atoms with Gasteiger partial charge in [0.05, 0.1) is 11.1 Å². The molecule has 112 valence electrons. The highest BCUT2D eigenvalue weighted by Crippen LogP contribution is 2.10. The normalized spacial score (nSPS) is 11.4. The molecule has 0 aliphatic rings. The van der Waals surface area contributed by atoms with Crippen LogP contribution >= 0.6 is 12.2 Å². The molecular formula is C12H15N5O2S2. The summed E-state index contributed by atoms with van der Waals surface area (Å²) in [5.41, 5.74) is 6.10. The van der Waals surface area contributed by atoms with Crippen molar-refractivity contribution >= 4 is 27.2 Å². The van der Waals surface area contributed by atoms with Gasteiger partial charge < -0.3 is 5.73 Å². The van der Waals surface area contributed by atoms with Crippen LogP contribution in [0.15, 0.2) is 41.6 Å². The van der Waals surface area contributed by atoms with E-state index in [1.807, 2.05) is 0 Å². The summed E-state index contributed by atoms with van der Waals surface area (Å²) in [5.74, 6) is 0. The number of hydrogen-bond acceptors (Lipinski definition) is 5. The van der Waals surface area contributed by atoms with Crippen LogP contribution in [-0.4, -0.2) is 34.9 Å². The van der Waals surface area contributed by atoms with Crippen molar-refractivity contribution < 1.29 is 8.42 Å². The molecule has 2 rings (SSSR count). The topological polar surface area (TPSA) is 103 Å². The number of nitrogens with one attached hydrogen (secondary N) is 1. The summed E-state index contributed by atoms with van der Waals surface area (Å²) in [7, 11) is -3.52. The predicted octanol–water partition coefficient (Wildman–Crippen LogP) is 0.281. The Morgan fingerprint density at radius 3 is 2.62 bits per heavy atom.